The Bertz CT molecular complexity index is 324. The van der Waals surface area contributed by atoms with Crippen LogP contribution in [-0.2, 0) is 10.0 Å². The van der Waals surface area contributed by atoms with Gasteiger partial charge in [0.1, 0.15) is 0 Å². The molecule has 5 nitrogen and oxygen atoms in total. The largest absolute Gasteiger partial charge is 0.317 e. The fraction of sp³-hybridized carbons (Fsp3) is 1.00. The lowest BCUT2D eigenvalue weighted by molar-refractivity contribution is 0.349. The Morgan fingerprint density at radius 1 is 1.11 bits per heavy atom. The molecule has 0 aromatic heterocycles. The zero-order chi connectivity index (χ0) is 13.6. The first-order valence-electron chi connectivity index (χ1n) is 6.71. The molecular weight excluding hydrogens is 250 g/mol. The number of nitrogens with one attached hydrogen (secondary N) is 1. The Hall–Kier alpha value is -0.170. The van der Waals surface area contributed by atoms with Gasteiger partial charge in [0.25, 0.3) is 0 Å². The van der Waals surface area contributed by atoms with E-state index in [0.29, 0.717) is 18.2 Å². The van der Waals surface area contributed by atoms with E-state index in [1.807, 2.05) is 19.0 Å². The molecule has 108 valence electrons. The highest BCUT2D eigenvalue weighted by molar-refractivity contribution is 7.89. The van der Waals surface area contributed by atoms with Gasteiger partial charge in [-0.05, 0) is 52.4 Å². The van der Waals surface area contributed by atoms with Crippen molar-refractivity contribution in [2.24, 2.45) is 5.92 Å². The van der Waals surface area contributed by atoms with E-state index in [-0.39, 0.29) is 0 Å². The number of sulfonamides is 1. The van der Waals surface area contributed by atoms with Gasteiger partial charge in [0.05, 0.1) is 5.75 Å². The standard InChI is InChI=1S/C12H27N3O2S/c1-14(2)9-10-15(3)18(16,17)11-6-12-4-7-13-8-5-12/h12-13H,4-11H2,1-3H3. The second-order valence-electron chi connectivity index (χ2n) is 5.42. The highest BCUT2D eigenvalue weighted by Crippen LogP contribution is 2.17. The monoisotopic (exact) mass is 277 g/mol. The summed E-state index contributed by atoms with van der Waals surface area (Å²) in [4.78, 5) is 2.00. The Balaban J connectivity index is 2.33. The average Bonchev–Trinajstić information content (AvgIpc) is 2.34. The molecule has 1 fully saturated rings. The van der Waals surface area contributed by atoms with E-state index >= 15 is 0 Å². The van der Waals surface area contributed by atoms with Gasteiger partial charge in [-0.3, -0.25) is 0 Å². The minimum Gasteiger partial charge on any atom is -0.317 e. The molecule has 1 rings (SSSR count). The van der Waals surface area contributed by atoms with Crippen LogP contribution in [0.5, 0.6) is 0 Å². The Morgan fingerprint density at radius 3 is 2.28 bits per heavy atom. The zero-order valence-corrected chi connectivity index (χ0v) is 12.7. The first-order chi connectivity index (χ1) is 8.42. The van der Waals surface area contributed by atoms with Gasteiger partial charge in [-0.2, -0.15) is 0 Å². The third-order valence-corrected chi connectivity index (χ3v) is 5.46. The topological polar surface area (TPSA) is 52.7 Å². The molecule has 0 aromatic rings. The second kappa shape index (κ2) is 7.43. The molecule has 6 heteroatoms. The van der Waals surface area contributed by atoms with Crippen molar-refractivity contribution in [2.45, 2.75) is 19.3 Å². The van der Waals surface area contributed by atoms with Crippen LogP contribution in [0.2, 0.25) is 0 Å². The summed E-state index contributed by atoms with van der Waals surface area (Å²) < 4.78 is 25.6. The third-order valence-electron chi connectivity index (χ3n) is 3.58. The van der Waals surface area contributed by atoms with Crippen LogP contribution in [0.15, 0.2) is 0 Å². The van der Waals surface area contributed by atoms with Gasteiger partial charge in [0, 0.05) is 20.1 Å². The minimum atomic E-state index is -3.07. The summed E-state index contributed by atoms with van der Waals surface area (Å²) in [6.45, 7) is 3.40. The SMILES string of the molecule is CN(C)CCN(C)S(=O)(=O)CCC1CCNCC1. The quantitative estimate of drug-likeness (QED) is 0.722. The predicted molar refractivity (Wildman–Crippen MR) is 75.2 cm³/mol. The molecule has 0 aliphatic carbocycles. The van der Waals surface area contributed by atoms with Gasteiger partial charge in [0.15, 0.2) is 0 Å². The van der Waals surface area contributed by atoms with Crippen molar-refractivity contribution >= 4 is 10.0 Å². The Labute approximate surface area is 112 Å². The van der Waals surface area contributed by atoms with Gasteiger partial charge in [-0.25, -0.2) is 12.7 Å². The number of likely N-dealkylation sites (N-methyl/N-ethyl adjacent to an activating group) is 2. The van der Waals surface area contributed by atoms with E-state index < -0.39 is 10.0 Å². The normalized spacial score (nSPS) is 18.7. The summed E-state index contributed by atoms with van der Waals surface area (Å²) >= 11 is 0. The second-order valence-corrected chi connectivity index (χ2v) is 7.62. The molecule has 0 amide bonds. The molecule has 0 bridgehead atoms. The van der Waals surface area contributed by atoms with E-state index in [1.165, 1.54) is 4.31 Å². The van der Waals surface area contributed by atoms with Crippen molar-refractivity contribution < 1.29 is 8.42 Å². The molecule has 0 saturated carbocycles. The van der Waals surface area contributed by atoms with Crippen LogP contribution in [0.25, 0.3) is 0 Å². The van der Waals surface area contributed by atoms with Crippen LogP contribution in [-0.4, -0.2) is 70.7 Å². The van der Waals surface area contributed by atoms with Crippen molar-refractivity contribution in [3.63, 3.8) is 0 Å². The number of rotatable bonds is 7. The molecule has 0 aromatic carbocycles. The maximum atomic E-state index is 12.1. The summed E-state index contributed by atoms with van der Waals surface area (Å²) in [6.07, 6.45) is 3.02. The Morgan fingerprint density at radius 2 is 1.72 bits per heavy atom. The van der Waals surface area contributed by atoms with Gasteiger partial charge >= 0.3 is 0 Å². The predicted octanol–water partition coefficient (Wildman–Crippen LogP) is 0.199. The summed E-state index contributed by atoms with van der Waals surface area (Å²) in [7, 11) is 2.52. The zero-order valence-electron chi connectivity index (χ0n) is 11.9. The number of hydrogen-bond donors (Lipinski definition) is 1. The van der Waals surface area contributed by atoms with E-state index in [0.717, 1.165) is 38.9 Å². The van der Waals surface area contributed by atoms with Crippen molar-refractivity contribution in [3.05, 3.63) is 0 Å². The van der Waals surface area contributed by atoms with Crippen LogP contribution >= 0.6 is 0 Å². The van der Waals surface area contributed by atoms with Crippen LogP contribution < -0.4 is 5.32 Å². The van der Waals surface area contributed by atoms with E-state index in [4.69, 9.17) is 0 Å². The molecule has 0 radical (unpaired) electrons. The van der Waals surface area contributed by atoms with Crippen LogP contribution in [0, 0.1) is 5.92 Å². The van der Waals surface area contributed by atoms with Crippen molar-refractivity contribution in [1.82, 2.24) is 14.5 Å². The molecule has 1 saturated heterocycles. The number of hydrogen-bond acceptors (Lipinski definition) is 4. The minimum absolute atomic E-state index is 0.293. The van der Waals surface area contributed by atoms with Gasteiger partial charge in [0.2, 0.25) is 10.0 Å². The first kappa shape index (κ1) is 15.9. The van der Waals surface area contributed by atoms with Crippen LogP contribution in [0.4, 0.5) is 0 Å². The smallest absolute Gasteiger partial charge is 0.213 e. The summed E-state index contributed by atoms with van der Waals surface area (Å²) in [5.74, 6) is 0.866. The van der Waals surface area contributed by atoms with E-state index in [1.54, 1.807) is 7.05 Å². The molecule has 1 N–H and O–H groups in total. The molecule has 0 spiro atoms. The average molecular weight is 277 g/mol. The van der Waals surface area contributed by atoms with Gasteiger partial charge < -0.3 is 10.2 Å². The molecule has 18 heavy (non-hydrogen) atoms. The van der Waals surface area contributed by atoms with Crippen molar-refractivity contribution in [2.75, 3.05) is 53.1 Å². The molecule has 1 aliphatic heterocycles. The molecule has 0 unspecified atom stereocenters. The maximum Gasteiger partial charge on any atom is 0.213 e. The van der Waals surface area contributed by atoms with Crippen LogP contribution in [0.1, 0.15) is 19.3 Å². The summed E-state index contributed by atoms with van der Waals surface area (Å²) in [6, 6.07) is 0. The third kappa shape index (κ3) is 5.65. The van der Waals surface area contributed by atoms with Crippen LogP contribution in [0.3, 0.4) is 0 Å². The van der Waals surface area contributed by atoms with Crippen molar-refractivity contribution in [3.8, 4) is 0 Å². The molecule has 1 aliphatic rings. The van der Waals surface area contributed by atoms with E-state index in [2.05, 4.69) is 5.32 Å². The maximum absolute atomic E-state index is 12.1. The molecule has 0 atom stereocenters. The highest BCUT2D eigenvalue weighted by Gasteiger charge is 2.21. The lowest BCUT2D eigenvalue weighted by Gasteiger charge is -2.24. The lowest BCUT2D eigenvalue weighted by Crippen LogP contribution is -2.36. The Kier molecular flexibility index (Phi) is 6.55. The lowest BCUT2D eigenvalue weighted by atomic mass is 9.96. The first-order valence-corrected chi connectivity index (χ1v) is 8.32. The van der Waals surface area contributed by atoms with Gasteiger partial charge in [-0.1, -0.05) is 0 Å². The molecular formula is C12H27N3O2S. The number of nitrogens with zero attached hydrogens (tertiary/aromatic N) is 2. The van der Waals surface area contributed by atoms with E-state index in [9.17, 15) is 8.42 Å². The highest BCUT2D eigenvalue weighted by atomic mass is 32.2. The van der Waals surface area contributed by atoms with Gasteiger partial charge in [-0.15, -0.1) is 0 Å². The summed E-state index contributed by atoms with van der Waals surface area (Å²) in [5, 5.41) is 3.30. The van der Waals surface area contributed by atoms with Crippen molar-refractivity contribution in [1.29, 1.82) is 0 Å². The number of piperidine rings is 1. The fourth-order valence-electron chi connectivity index (χ4n) is 2.12. The fourth-order valence-corrected chi connectivity index (χ4v) is 3.42. The molecule has 1 heterocycles. The summed E-state index contributed by atoms with van der Waals surface area (Å²) in [5.41, 5.74) is 0.